The number of amides is 1. The molecule has 0 saturated heterocycles. The monoisotopic (exact) mass is 380 g/mol. The average molecular weight is 380 g/mol. The molecular formula is C19H14N3O6-. The average Bonchev–Trinajstić information content (AvgIpc) is 2.69. The fourth-order valence-electron chi connectivity index (χ4n) is 2.70. The van der Waals surface area contributed by atoms with Crippen molar-refractivity contribution in [1.82, 2.24) is 9.78 Å². The van der Waals surface area contributed by atoms with Crippen molar-refractivity contribution in [3.63, 3.8) is 0 Å². The maximum Gasteiger partial charge on any atom is 0.339 e. The Labute approximate surface area is 158 Å². The molecule has 28 heavy (non-hydrogen) atoms. The third-order valence-electron chi connectivity index (χ3n) is 3.96. The molecule has 0 unspecified atom stereocenters. The molecule has 2 aromatic carbocycles. The van der Waals surface area contributed by atoms with Gasteiger partial charge in [-0.05, 0) is 18.2 Å². The number of aromatic nitrogens is 2. The summed E-state index contributed by atoms with van der Waals surface area (Å²) in [4.78, 5) is 48.1. The predicted molar refractivity (Wildman–Crippen MR) is 96.7 cm³/mol. The van der Waals surface area contributed by atoms with Gasteiger partial charge in [-0.25, -0.2) is 9.48 Å². The summed E-state index contributed by atoms with van der Waals surface area (Å²) in [6.45, 7) is -0.556. The molecule has 0 radical (unpaired) electrons. The summed E-state index contributed by atoms with van der Waals surface area (Å²) >= 11 is 0. The number of fused-ring (bicyclic) bond motifs is 1. The summed E-state index contributed by atoms with van der Waals surface area (Å²) in [6, 6.07) is 12.2. The quantitative estimate of drug-likeness (QED) is 0.625. The number of esters is 1. The number of aromatic carboxylic acids is 1. The van der Waals surface area contributed by atoms with Gasteiger partial charge in [0.2, 0.25) is 5.91 Å². The van der Waals surface area contributed by atoms with Crippen molar-refractivity contribution in [1.29, 1.82) is 0 Å². The number of hydrogen-bond donors (Lipinski definition) is 1. The van der Waals surface area contributed by atoms with Gasteiger partial charge in [0.15, 0.2) is 0 Å². The van der Waals surface area contributed by atoms with Crippen molar-refractivity contribution in [2.75, 3.05) is 12.4 Å². The maximum absolute atomic E-state index is 12.5. The second-order valence-corrected chi connectivity index (χ2v) is 5.73. The van der Waals surface area contributed by atoms with Crippen molar-refractivity contribution in [2.24, 2.45) is 0 Å². The number of ether oxygens (including phenoxy) is 1. The number of carboxylic acid groups (broad SMARTS) is 1. The number of nitrogens with zero attached hydrogens (tertiary/aromatic N) is 2. The molecule has 1 amide bonds. The fraction of sp³-hybridized carbons (Fsp3) is 0.105. The van der Waals surface area contributed by atoms with E-state index in [0.717, 1.165) is 4.68 Å². The van der Waals surface area contributed by atoms with Crippen LogP contribution in [0.15, 0.2) is 53.3 Å². The first-order valence-electron chi connectivity index (χ1n) is 8.10. The van der Waals surface area contributed by atoms with Gasteiger partial charge in [-0.1, -0.05) is 30.3 Å². The van der Waals surface area contributed by atoms with Gasteiger partial charge in [0.05, 0.1) is 29.7 Å². The van der Waals surface area contributed by atoms with Gasteiger partial charge >= 0.3 is 5.97 Å². The molecule has 0 fully saturated rings. The molecule has 1 heterocycles. The van der Waals surface area contributed by atoms with Crippen molar-refractivity contribution < 1.29 is 24.2 Å². The minimum atomic E-state index is -1.57. The second kappa shape index (κ2) is 7.70. The molecule has 0 aliphatic carbocycles. The molecule has 0 aliphatic heterocycles. The van der Waals surface area contributed by atoms with Crippen LogP contribution in [-0.4, -0.2) is 34.7 Å². The van der Waals surface area contributed by atoms with E-state index in [1.54, 1.807) is 24.3 Å². The lowest BCUT2D eigenvalue weighted by molar-refractivity contribution is -0.255. The third-order valence-corrected chi connectivity index (χ3v) is 3.96. The molecule has 0 bridgehead atoms. The van der Waals surface area contributed by atoms with E-state index in [4.69, 9.17) is 0 Å². The topological polar surface area (TPSA) is 130 Å². The number of rotatable bonds is 5. The number of carbonyl (C=O) groups is 3. The van der Waals surface area contributed by atoms with Crippen LogP contribution in [0, 0.1) is 0 Å². The maximum atomic E-state index is 12.5. The molecule has 3 rings (SSSR count). The van der Waals surface area contributed by atoms with Crippen LogP contribution in [0.25, 0.3) is 10.8 Å². The summed E-state index contributed by atoms with van der Waals surface area (Å²) in [6.07, 6.45) is 0. The number of carboxylic acids is 1. The van der Waals surface area contributed by atoms with E-state index in [2.05, 4.69) is 15.2 Å². The molecule has 0 aliphatic rings. The lowest BCUT2D eigenvalue weighted by atomic mass is 10.1. The first kappa shape index (κ1) is 18.8. The summed E-state index contributed by atoms with van der Waals surface area (Å²) in [5.41, 5.74) is -0.754. The van der Waals surface area contributed by atoms with E-state index in [1.165, 1.54) is 31.4 Å². The molecule has 0 atom stereocenters. The van der Waals surface area contributed by atoms with E-state index >= 15 is 0 Å². The van der Waals surface area contributed by atoms with E-state index in [9.17, 15) is 24.3 Å². The van der Waals surface area contributed by atoms with Crippen LogP contribution in [0.3, 0.4) is 0 Å². The highest BCUT2D eigenvalue weighted by Gasteiger charge is 2.16. The number of hydrogen-bond acceptors (Lipinski definition) is 7. The zero-order valence-electron chi connectivity index (χ0n) is 14.7. The van der Waals surface area contributed by atoms with Gasteiger partial charge in [-0.2, -0.15) is 5.10 Å². The fourth-order valence-corrected chi connectivity index (χ4v) is 2.70. The smallest absolute Gasteiger partial charge is 0.339 e. The molecule has 3 aromatic rings. The zero-order valence-corrected chi connectivity index (χ0v) is 14.7. The first-order valence-corrected chi connectivity index (χ1v) is 8.10. The predicted octanol–water partition coefficient (Wildman–Crippen LogP) is 0.185. The van der Waals surface area contributed by atoms with Gasteiger partial charge in [-0.3, -0.25) is 9.59 Å². The van der Waals surface area contributed by atoms with Crippen LogP contribution in [-0.2, 0) is 16.1 Å². The third kappa shape index (κ3) is 3.58. The summed E-state index contributed by atoms with van der Waals surface area (Å²) in [5.74, 6) is -2.89. The Morgan fingerprint density at radius 1 is 1.07 bits per heavy atom. The largest absolute Gasteiger partial charge is 0.543 e. The lowest BCUT2D eigenvalue weighted by Gasteiger charge is -2.12. The number of anilines is 1. The van der Waals surface area contributed by atoms with Crippen LogP contribution in [0.2, 0.25) is 0 Å². The van der Waals surface area contributed by atoms with E-state index in [0.29, 0.717) is 0 Å². The normalized spacial score (nSPS) is 10.5. The number of para-hydroxylation sites is 1. The van der Waals surface area contributed by atoms with Gasteiger partial charge in [0, 0.05) is 5.39 Å². The number of benzene rings is 2. The lowest BCUT2D eigenvalue weighted by Crippen LogP contribution is -2.34. The van der Waals surface area contributed by atoms with Crippen molar-refractivity contribution in [3.05, 3.63) is 70.1 Å². The molecule has 9 heteroatoms. The van der Waals surface area contributed by atoms with Gasteiger partial charge in [0.25, 0.3) is 5.56 Å². The molecule has 142 valence electrons. The van der Waals surface area contributed by atoms with E-state index < -0.39 is 35.6 Å². The Bertz CT molecular complexity index is 1150. The van der Waals surface area contributed by atoms with Crippen LogP contribution in [0.4, 0.5) is 5.69 Å². The number of methoxy groups -OCH3 is 1. The Kier molecular flexibility index (Phi) is 5.16. The SMILES string of the molecule is COC(=O)c1ccccc1NC(=O)Cn1nc(C(=O)[O-])c2ccccc2c1=O. The number of nitrogens with one attached hydrogen (secondary N) is 1. The Hall–Kier alpha value is -4.01. The molecule has 1 aromatic heterocycles. The van der Waals surface area contributed by atoms with Crippen LogP contribution >= 0.6 is 0 Å². The van der Waals surface area contributed by atoms with Crippen LogP contribution in [0.1, 0.15) is 20.8 Å². The minimum absolute atomic E-state index is 0.0967. The van der Waals surface area contributed by atoms with Gasteiger partial charge in [0.1, 0.15) is 12.2 Å². The molecule has 0 saturated carbocycles. The van der Waals surface area contributed by atoms with Gasteiger partial charge in [-0.15, -0.1) is 0 Å². The second-order valence-electron chi connectivity index (χ2n) is 5.73. The minimum Gasteiger partial charge on any atom is -0.543 e. The highest BCUT2D eigenvalue weighted by Crippen LogP contribution is 2.16. The Morgan fingerprint density at radius 2 is 1.71 bits per heavy atom. The highest BCUT2D eigenvalue weighted by atomic mass is 16.5. The molecule has 0 spiro atoms. The van der Waals surface area contributed by atoms with Crippen molar-refractivity contribution in [3.8, 4) is 0 Å². The number of carbonyl (C=O) groups excluding carboxylic acids is 3. The Morgan fingerprint density at radius 3 is 2.39 bits per heavy atom. The Balaban J connectivity index is 1.95. The zero-order chi connectivity index (χ0) is 20.3. The summed E-state index contributed by atoms with van der Waals surface area (Å²) < 4.78 is 5.40. The van der Waals surface area contributed by atoms with Crippen LogP contribution < -0.4 is 16.0 Å². The van der Waals surface area contributed by atoms with Crippen molar-refractivity contribution in [2.45, 2.75) is 6.54 Å². The van der Waals surface area contributed by atoms with Gasteiger partial charge < -0.3 is 20.0 Å². The standard InChI is InChI=1S/C19H15N3O6/c1-28-19(27)13-8-4-5-9-14(13)20-15(23)10-22-17(24)12-7-3-2-6-11(12)16(21-22)18(25)26/h2-9H,10H2,1H3,(H,20,23)(H,25,26)/p-1. The molecular weight excluding hydrogens is 366 g/mol. The molecule has 1 N–H and O–H groups in total. The highest BCUT2D eigenvalue weighted by molar-refractivity contribution is 6.02. The van der Waals surface area contributed by atoms with Crippen molar-refractivity contribution >= 4 is 34.3 Å². The van der Waals surface area contributed by atoms with Crippen LogP contribution in [0.5, 0.6) is 0 Å². The first-order chi connectivity index (χ1) is 13.4. The summed E-state index contributed by atoms with van der Waals surface area (Å²) in [7, 11) is 1.21. The van der Waals surface area contributed by atoms with E-state index in [-0.39, 0.29) is 22.0 Å². The molecule has 9 nitrogen and oxygen atoms in total. The van der Waals surface area contributed by atoms with E-state index in [1.807, 2.05) is 0 Å². The summed E-state index contributed by atoms with van der Waals surface area (Å²) in [5, 5.41) is 17.8.